The lowest BCUT2D eigenvalue weighted by Gasteiger charge is -2.05. The third kappa shape index (κ3) is 6.54. The second kappa shape index (κ2) is 11.6. The van der Waals surface area contributed by atoms with Gasteiger partial charge in [0.25, 0.3) is 5.91 Å². The van der Waals surface area contributed by atoms with E-state index in [2.05, 4.69) is 17.5 Å². The number of aromatic nitrogens is 2. The second-order valence-corrected chi connectivity index (χ2v) is 7.62. The number of halogens is 1. The third-order valence-corrected chi connectivity index (χ3v) is 4.94. The minimum absolute atomic E-state index is 0.252. The van der Waals surface area contributed by atoms with Crippen molar-refractivity contribution in [3.8, 4) is 28.4 Å². The zero-order valence-electron chi connectivity index (χ0n) is 19.2. The summed E-state index contributed by atoms with van der Waals surface area (Å²) in [7, 11) is 0. The van der Waals surface area contributed by atoms with Crippen LogP contribution in [0.5, 0.6) is 11.5 Å². The summed E-state index contributed by atoms with van der Waals surface area (Å²) in [5.41, 5.74) is 5.65. The van der Waals surface area contributed by atoms with Gasteiger partial charge in [0.1, 0.15) is 23.0 Å². The average molecular weight is 473 g/mol. The smallest absolute Gasteiger partial charge is 0.277 e. The van der Waals surface area contributed by atoms with E-state index in [0.29, 0.717) is 18.1 Å². The van der Waals surface area contributed by atoms with Crippen molar-refractivity contribution >= 4 is 12.1 Å². The third-order valence-electron chi connectivity index (χ3n) is 4.94. The van der Waals surface area contributed by atoms with Gasteiger partial charge in [-0.1, -0.05) is 25.1 Å². The Hall–Kier alpha value is -4.46. The molecule has 0 fully saturated rings. The maximum absolute atomic E-state index is 13.0. The molecule has 0 spiro atoms. The monoisotopic (exact) mass is 472 g/mol. The molecule has 1 aromatic heterocycles. The molecule has 0 unspecified atom stereocenters. The zero-order chi connectivity index (χ0) is 24.5. The summed E-state index contributed by atoms with van der Waals surface area (Å²) < 4.78 is 25.8. The van der Waals surface area contributed by atoms with Gasteiger partial charge in [-0.15, -0.1) is 0 Å². The number of hydrogen-bond acceptors (Lipinski definition) is 5. The fraction of sp³-hybridized carbons (Fsp3) is 0.148. The summed E-state index contributed by atoms with van der Waals surface area (Å²) >= 11 is 0. The number of para-hydroxylation sites is 1. The number of hydrazone groups is 1. The van der Waals surface area contributed by atoms with Gasteiger partial charge in [-0.25, -0.2) is 14.5 Å². The van der Waals surface area contributed by atoms with Crippen molar-refractivity contribution in [1.82, 2.24) is 15.2 Å². The molecule has 178 valence electrons. The minimum atomic E-state index is -0.444. The van der Waals surface area contributed by atoms with Crippen molar-refractivity contribution in [3.63, 3.8) is 0 Å². The van der Waals surface area contributed by atoms with Gasteiger partial charge in [0, 0.05) is 17.3 Å². The van der Waals surface area contributed by atoms with Gasteiger partial charge in [-0.2, -0.15) is 10.2 Å². The minimum Gasteiger partial charge on any atom is -0.494 e. The lowest BCUT2D eigenvalue weighted by atomic mass is 10.1. The van der Waals surface area contributed by atoms with Crippen LogP contribution in [0, 0.1) is 5.82 Å². The molecule has 3 aromatic carbocycles. The Morgan fingerprint density at radius 2 is 1.69 bits per heavy atom. The zero-order valence-corrected chi connectivity index (χ0v) is 19.2. The molecular weight excluding hydrogens is 447 g/mol. The number of nitrogens with zero attached hydrogens (tertiary/aromatic N) is 3. The normalized spacial score (nSPS) is 10.9. The van der Waals surface area contributed by atoms with E-state index in [1.807, 2.05) is 60.8 Å². The first-order chi connectivity index (χ1) is 17.1. The molecule has 0 aliphatic carbocycles. The number of nitrogens with one attached hydrogen (secondary N) is 1. The topological polar surface area (TPSA) is 77.7 Å². The predicted molar refractivity (Wildman–Crippen MR) is 132 cm³/mol. The summed E-state index contributed by atoms with van der Waals surface area (Å²) in [6.45, 7) is 2.46. The van der Waals surface area contributed by atoms with Crippen molar-refractivity contribution in [2.75, 3.05) is 13.2 Å². The molecule has 1 N–H and O–H groups in total. The van der Waals surface area contributed by atoms with E-state index in [1.54, 1.807) is 10.9 Å². The Bertz CT molecular complexity index is 1270. The molecule has 1 amide bonds. The van der Waals surface area contributed by atoms with Crippen molar-refractivity contribution in [2.24, 2.45) is 5.10 Å². The Morgan fingerprint density at radius 1 is 1.00 bits per heavy atom. The molecule has 8 heteroatoms. The maximum atomic E-state index is 13.0. The molecule has 0 bridgehead atoms. The van der Waals surface area contributed by atoms with Gasteiger partial charge in [0.2, 0.25) is 0 Å². The van der Waals surface area contributed by atoms with Crippen LogP contribution in [0.25, 0.3) is 16.9 Å². The lowest BCUT2D eigenvalue weighted by molar-refractivity contribution is -0.123. The highest BCUT2D eigenvalue weighted by Crippen LogP contribution is 2.25. The van der Waals surface area contributed by atoms with Crippen LogP contribution in [-0.2, 0) is 4.79 Å². The highest BCUT2D eigenvalue weighted by Gasteiger charge is 2.12. The van der Waals surface area contributed by atoms with Crippen LogP contribution in [0.2, 0.25) is 0 Å². The Labute approximate surface area is 202 Å². The van der Waals surface area contributed by atoms with Crippen LogP contribution in [0.3, 0.4) is 0 Å². The molecule has 4 aromatic rings. The molecule has 0 saturated heterocycles. The van der Waals surface area contributed by atoms with Gasteiger partial charge in [0.05, 0.1) is 18.5 Å². The van der Waals surface area contributed by atoms with E-state index in [9.17, 15) is 9.18 Å². The summed E-state index contributed by atoms with van der Waals surface area (Å²) in [5.74, 6) is 0.367. The Morgan fingerprint density at radius 3 is 2.40 bits per heavy atom. The molecule has 0 aliphatic heterocycles. The van der Waals surface area contributed by atoms with Gasteiger partial charge in [0.15, 0.2) is 6.61 Å². The maximum Gasteiger partial charge on any atom is 0.277 e. The summed E-state index contributed by atoms with van der Waals surface area (Å²) in [6, 6.07) is 22.8. The SMILES string of the molecule is CCCOc1ccc(-c2nn(-c3ccccc3)cc2/C=N\NC(=O)COc2ccc(F)cc2)cc1. The Balaban J connectivity index is 1.49. The van der Waals surface area contributed by atoms with E-state index in [4.69, 9.17) is 14.6 Å². The summed E-state index contributed by atoms with van der Waals surface area (Å²) in [4.78, 5) is 12.1. The largest absolute Gasteiger partial charge is 0.494 e. The standard InChI is InChI=1S/C27H25FN4O3/c1-2-16-34-24-12-8-20(9-13-24)27-21(18-32(31-27)23-6-4-3-5-7-23)17-29-30-26(33)19-35-25-14-10-22(28)11-15-25/h3-15,17-18H,2,16,19H2,1H3,(H,30,33)/b29-17-. The highest BCUT2D eigenvalue weighted by atomic mass is 19.1. The van der Waals surface area contributed by atoms with E-state index >= 15 is 0 Å². The molecular formula is C27H25FN4O3. The van der Waals surface area contributed by atoms with E-state index in [0.717, 1.165) is 29.0 Å². The number of benzene rings is 3. The lowest BCUT2D eigenvalue weighted by Crippen LogP contribution is -2.24. The highest BCUT2D eigenvalue weighted by molar-refractivity contribution is 5.89. The molecule has 0 radical (unpaired) electrons. The number of hydrogen-bond donors (Lipinski definition) is 1. The first-order valence-electron chi connectivity index (χ1n) is 11.2. The number of rotatable bonds is 10. The number of amides is 1. The quantitative estimate of drug-likeness (QED) is 0.260. The molecule has 1 heterocycles. The summed E-state index contributed by atoms with van der Waals surface area (Å²) in [6.07, 6.45) is 4.32. The van der Waals surface area contributed by atoms with Crippen LogP contribution >= 0.6 is 0 Å². The number of ether oxygens (including phenoxy) is 2. The fourth-order valence-corrected chi connectivity index (χ4v) is 3.23. The van der Waals surface area contributed by atoms with Crippen LogP contribution in [0.1, 0.15) is 18.9 Å². The van der Waals surface area contributed by atoms with Crippen LogP contribution in [-0.4, -0.2) is 35.1 Å². The van der Waals surface area contributed by atoms with Crippen molar-refractivity contribution < 1.29 is 18.7 Å². The molecule has 7 nitrogen and oxygen atoms in total. The number of carbonyl (C=O) groups is 1. The fourth-order valence-electron chi connectivity index (χ4n) is 3.23. The predicted octanol–water partition coefficient (Wildman–Crippen LogP) is 5.00. The van der Waals surface area contributed by atoms with Gasteiger partial charge in [-0.05, 0) is 67.1 Å². The van der Waals surface area contributed by atoms with Crippen molar-refractivity contribution in [3.05, 3.63) is 96.4 Å². The summed E-state index contributed by atoms with van der Waals surface area (Å²) in [5, 5.41) is 8.82. The molecule has 0 aliphatic rings. The van der Waals surface area contributed by atoms with Gasteiger partial charge >= 0.3 is 0 Å². The van der Waals surface area contributed by atoms with Crippen LogP contribution in [0.4, 0.5) is 4.39 Å². The number of carbonyl (C=O) groups excluding carboxylic acids is 1. The Kier molecular flexibility index (Phi) is 7.85. The average Bonchev–Trinajstić information content (AvgIpc) is 3.32. The van der Waals surface area contributed by atoms with Gasteiger partial charge < -0.3 is 9.47 Å². The van der Waals surface area contributed by atoms with E-state index < -0.39 is 5.91 Å². The molecule has 4 rings (SSSR count). The van der Waals surface area contributed by atoms with Crippen LogP contribution in [0.15, 0.2) is 90.2 Å². The van der Waals surface area contributed by atoms with Crippen LogP contribution < -0.4 is 14.9 Å². The van der Waals surface area contributed by atoms with Crippen molar-refractivity contribution in [1.29, 1.82) is 0 Å². The molecule has 35 heavy (non-hydrogen) atoms. The second-order valence-electron chi connectivity index (χ2n) is 7.62. The van der Waals surface area contributed by atoms with Gasteiger partial charge in [-0.3, -0.25) is 4.79 Å². The van der Waals surface area contributed by atoms with E-state index in [1.165, 1.54) is 24.3 Å². The first-order valence-corrected chi connectivity index (χ1v) is 11.2. The molecule has 0 saturated carbocycles. The first kappa shape index (κ1) is 23.7. The van der Waals surface area contributed by atoms with E-state index in [-0.39, 0.29) is 12.4 Å². The molecule has 0 atom stereocenters. The van der Waals surface area contributed by atoms with Crippen molar-refractivity contribution in [2.45, 2.75) is 13.3 Å².